The molecule has 0 heterocycles. The van der Waals surface area contributed by atoms with Crippen LogP contribution in [0.25, 0.3) is 0 Å². The molecular formula is C8H12N2O5. The lowest BCUT2D eigenvalue weighted by atomic mass is 10.2. The third-order valence-electron chi connectivity index (χ3n) is 0.923. The maximum absolute atomic E-state index is 9.87. The van der Waals surface area contributed by atoms with E-state index >= 15 is 0 Å². The van der Waals surface area contributed by atoms with Gasteiger partial charge in [0.1, 0.15) is 0 Å². The fraction of sp³-hybridized carbons (Fsp3) is 0.250. The summed E-state index contributed by atoms with van der Waals surface area (Å²) in [6.07, 6.45) is 0.845. The second-order valence-electron chi connectivity index (χ2n) is 2.20. The Morgan fingerprint density at radius 1 is 1.40 bits per heavy atom. The van der Waals surface area contributed by atoms with Gasteiger partial charge in [0.25, 0.3) is 0 Å². The first kappa shape index (κ1) is 15.3. The predicted octanol–water partition coefficient (Wildman–Crippen LogP) is 0.258. The van der Waals surface area contributed by atoms with Crippen molar-refractivity contribution in [3.63, 3.8) is 0 Å². The highest BCUT2D eigenvalue weighted by Crippen LogP contribution is 1.95. The van der Waals surface area contributed by atoms with Gasteiger partial charge in [-0.1, -0.05) is 6.58 Å². The summed E-state index contributed by atoms with van der Waals surface area (Å²) in [6.45, 7) is 4.64. The van der Waals surface area contributed by atoms with E-state index in [1.54, 1.807) is 6.92 Å². The maximum atomic E-state index is 9.87. The Balaban J connectivity index is 0. The van der Waals surface area contributed by atoms with Crippen LogP contribution in [0.3, 0.4) is 0 Å². The number of primary amides is 1. The summed E-state index contributed by atoms with van der Waals surface area (Å²) < 4.78 is 0. The van der Waals surface area contributed by atoms with E-state index in [2.05, 4.69) is 17.3 Å². The van der Waals surface area contributed by atoms with Crippen molar-refractivity contribution in [2.75, 3.05) is 0 Å². The molecule has 0 fully saturated rings. The van der Waals surface area contributed by atoms with Crippen molar-refractivity contribution in [2.45, 2.75) is 13.3 Å². The molecule has 0 aliphatic rings. The molecular weight excluding hydrogens is 204 g/mol. The molecule has 0 bridgehead atoms. The fourth-order valence-electron chi connectivity index (χ4n) is 0.385. The molecule has 15 heavy (non-hydrogen) atoms. The summed E-state index contributed by atoms with van der Waals surface area (Å²) >= 11 is 0. The Morgan fingerprint density at radius 3 is 1.93 bits per heavy atom. The van der Waals surface area contributed by atoms with E-state index in [-0.39, 0.29) is 5.57 Å². The zero-order valence-corrected chi connectivity index (χ0v) is 8.14. The van der Waals surface area contributed by atoms with Crippen LogP contribution in [0.15, 0.2) is 17.1 Å². The highest BCUT2D eigenvalue weighted by atomic mass is 16.4. The van der Waals surface area contributed by atoms with Gasteiger partial charge in [-0.25, -0.2) is 14.6 Å². The van der Waals surface area contributed by atoms with E-state index in [9.17, 15) is 14.4 Å². The van der Waals surface area contributed by atoms with Crippen LogP contribution in [-0.2, 0) is 9.59 Å². The van der Waals surface area contributed by atoms with Crippen molar-refractivity contribution in [1.29, 1.82) is 0 Å². The SMILES string of the molecule is C=C(CC(=O)O)C(=O)O.CC=NC(N)=O. The highest BCUT2D eigenvalue weighted by Gasteiger charge is 2.07. The van der Waals surface area contributed by atoms with Gasteiger partial charge in [0.15, 0.2) is 0 Å². The smallest absolute Gasteiger partial charge is 0.337 e. The van der Waals surface area contributed by atoms with E-state index in [1.807, 2.05) is 0 Å². The third-order valence-corrected chi connectivity index (χ3v) is 0.923. The normalized spacial score (nSPS) is 8.87. The molecule has 84 valence electrons. The minimum Gasteiger partial charge on any atom is -0.481 e. The van der Waals surface area contributed by atoms with Gasteiger partial charge in [-0.15, -0.1) is 0 Å². The van der Waals surface area contributed by atoms with E-state index in [1.165, 1.54) is 6.21 Å². The molecule has 0 aromatic carbocycles. The molecule has 0 radical (unpaired) electrons. The number of rotatable bonds is 3. The molecule has 0 unspecified atom stereocenters. The number of amides is 2. The summed E-state index contributed by atoms with van der Waals surface area (Å²) in [5.74, 6) is -2.44. The average molecular weight is 216 g/mol. The standard InChI is InChI=1S/C5H6O4.C3H6N2O/c1-3(5(8)9)2-4(6)7;1-2-5-3(4)6/h1-2H2,(H,6,7)(H,8,9);2H,1H3,(H2,4,6). The molecule has 0 aliphatic carbocycles. The molecule has 0 atom stereocenters. The number of aliphatic carboxylic acids is 2. The number of nitrogens with zero attached hydrogens (tertiary/aromatic N) is 1. The van der Waals surface area contributed by atoms with Crippen molar-refractivity contribution in [3.05, 3.63) is 12.2 Å². The van der Waals surface area contributed by atoms with Gasteiger partial charge in [0.2, 0.25) is 0 Å². The van der Waals surface area contributed by atoms with E-state index < -0.39 is 24.4 Å². The first-order valence-electron chi connectivity index (χ1n) is 3.72. The first-order chi connectivity index (χ1) is 6.81. The summed E-state index contributed by atoms with van der Waals surface area (Å²) in [6, 6.07) is -0.641. The van der Waals surface area contributed by atoms with Gasteiger partial charge in [0.05, 0.1) is 6.42 Å². The molecule has 0 spiro atoms. The zero-order chi connectivity index (χ0) is 12.4. The molecule has 0 aromatic heterocycles. The minimum absolute atomic E-state index is 0.303. The van der Waals surface area contributed by atoms with E-state index in [0.717, 1.165) is 0 Å². The van der Waals surface area contributed by atoms with Crippen LogP contribution < -0.4 is 5.73 Å². The maximum Gasteiger partial charge on any atom is 0.337 e. The number of hydrogen-bond acceptors (Lipinski definition) is 3. The summed E-state index contributed by atoms with van der Waals surface area (Å²) in [5, 5.41) is 16.1. The summed E-state index contributed by atoms with van der Waals surface area (Å²) in [4.78, 5) is 32.4. The Labute approximate surface area is 85.9 Å². The molecule has 0 aromatic rings. The Bertz CT molecular complexity index is 295. The Morgan fingerprint density at radius 2 is 1.87 bits per heavy atom. The van der Waals surface area contributed by atoms with E-state index in [4.69, 9.17) is 10.2 Å². The molecule has 0 saturated carbocycles. The van der Waals surface area contributed by atoms with Crippen molar-refractivity contribution in [2.24, 2.45) is 10.7 Å². The number of nitrogens with two attached hydrogens (primary N) is 1. The third kappa shape index (κ3) is 14.7. The second-order valence-corrected chi connectivity index (χ2v) is 2.20. The Kier molecular flexibility index (Phi) is 8.59. The quantitative estimate of drug-likeness (QED) is 0.460. The number of carbonyl (C=O) groups excluding carboxylic acids is 1. The van der Waals surface area contributed by atoms with Crippen LogP contribution in [0.2, 0.25) is 0 Å². The lowest BCUT2D eigenvalue weighted by Crippen LogP contribution is -2.04. The molecule has 7 heteroatoms. The first-order valence-corrected chi connectivity index (χ1v) is 3.72. The summed E-state index contributed by atoms with van der Waals surface area (Å²) in [5.41, 5.74) is 4.26. The molecule has 0 aliphatic heterocycles. The predicted molar refractivity (Wildman–Crippen MR) is 52.8 cm³/mol. The van der Waals surface area contributed by atoms with Crippen molar-refractivity contribution < 1.29 is 24.6 Å². The lowest BCUT2D eigenvalue weighted by molar-refractivity contribution is -0.139. The van der Waals surface area contributed by atoms with Crippen LogP contribution in [0.5, 0.6) is 0 Å². The van der Waals surface area contributed by atoms with Gasteiger partial charge in [-0.05, 0) is 6.92 Å². The van der Waals surface area contributed by atoms with Crippen LogP contribution in [-0.4, -0.2) is 34.4 Å². The van der Waals surface area contributed by atoms with Gasteiger partial charge < -0.3 is 15.9 Å². The number of carbonyl (C=O) groups is 3. The van der Waals surface area contributed by atoms with Crippen molar-refractivity contribution in [1.82, 2.24) is 0 Å². The highest BCUT2D eigenvalue weighted by molar-refractivity contribution is 5.91. The number of hydrogen-bond donors (Lipinski definition) is 3. The van der Waals surface area contributed by atoms with Crippen LogP contribution in [0.4, 0.5) is 4.79 Å². The largest absolute Gasteiger partial charge is 0.481 e. The molecule has 7 nitrogen and oxygen atoms in total. The van der Waals surface area contributed by atoms with Crippen LogP contribution in [0.1, 0.15) is 13.3 Å². The second kappa shape index (κ2) is 8.42. The molecule has 0 rings (SSSR count). The minimum atomic E-state index is -1.27. The number of aliphatic imine (C=N–C) groups is 1. The van der Waals surface area contributed by atoms with Crippen molar-refractivity contribution >= 4 is 24.2 Å². The lowest BCUT2D eigenvalue weighted by Gasteiger charge is -1.91. The van der Waals surface area contributed by atoms with Gasteiger partial charge in [0, 0.05) is 11.8 Å². The van der Waals surface area contributed by atoms with Gasteiger partial charge in [-0.2, -0.15) is 0 Å². The monoisotopic (exact) mass is 216 g/mol. The molecule has 2 amide bonds. The topological polar surface area (TPSA) is 130 Å². The zero-order valence-electron chi connectivity index (χ0n) is 8.14. The average Bonchev–Trinajstić information content (AvgIpc) is 2.03. The number of urea groups is 1. The molecule has 4 N–H and O–H groups in total. The van der Waals surface area contributed by atoms with Crippen LogP contribution >= 0.6 is 0 Å². The Hall–Kier alpha value is -2.18. The van der Waals surface area contributed by atoms with Crippen molar-refractivity contribution in [3.8, 4) is 0 Å². The summed E-state index contributed by atoms with van der Waals surface area (Å²) in [7, 11) is 0. The van der Waals surface area contributed by atoms with E-state index in [0.29, 0.717) is 0 Å². The molecule has 0 saturated heterocycles. The number of carboxylic acid groups (broad SMARTS) is 2. The number of carboxylic acids is 2. The van der Waals surface area contributed by atoms with Gasteiger partial charge >= 0.3 is 18.0 Å². The fourth-order valence-corrected chi connectivity index (χ4v) is 0.385. The van der Waals surface area contributed by atoms with Crippen LogP contribution in [0, 0.1) is 0 Å². The van der Waals surface area contributed by atoms with Gasteiger partial charge in [-0.3, -0.25) is 4.79 Å².